The minimum absolute atomic E-state index is 0.00169. The standard InChI is InChI=1S/C13H22N2O3/c1-4-10-11(16)14-9(2)12(17)15(10)8-13(3)6-5-7-18-13/h9-10H,4-8H2,1-3H3,(H,14,16). The number of hydrogen-bond acceptors (Lipinski definition) is 3. The molecule has 2 heterocycles. The van der Waals surface area contributed by atoms with Crippen molar-refractivity contribution in [2.45, 2.75) is 57.7 Å². The van der Waals surface area contributed by atoms with Crippen molar-refractivity contribution >= 4 is 11.8 Å². The van der Waals surface area contributed by atoms with Crippen LogP contribution in [0, 0.1) is 0 Å². The van der Waals surface area contributed by atoms with E-state index in [9.17, 15) is 9.59 Å². The van der Waals surface area contributed by atoms with Crippen LogP contribution in [0.4, 0.5) is 0 Å². The van der Waals surface area contributed by atoms with Crippen molar-refractivity contribution in [3.05, 3.63) is 0 Å². The number of rotatable bonds is 3. The third kappa shape index (κ3) is 2.36. The molecule has 0 spiro atoms. The van der Waals surface area contributed by atoms with Crippen molar-refractivity contribution in [2.75, 3.05) is 13.2 Å². The largest absolute Gasteiger partial charge is 0.373 e. The Balaban J connectivity index is 2.15. The average molecular weight is 254 g/mol. The molecule has 102 valence electrons. The van der Waals surface area contributed by atoms with Gasteiger partial charge in [-0.25, -0.2) is 0 Å². The van der Waals surface area contributed by atoms with E-state index in [0.29, 0.717) is 13.0 Å². The number of amides is 2. The first-order valence-electron chi connectivity index (χ1n) is 6.71. The smallest absolute Gasteiger partial charge is 0.245 e. The highest BCUT2D eigenvalue weighted by Gasteiger charge is 2.42. The van der Waals surface area contributed by atoms with Crippen LogP contribution in [0.15, 0.2) is 0 Å². The number of carbonyl (C=O) groups excluding carboxylic acids is 2. The Morgan fingerprint density at radius 2 is 2.22 bits per heavy atom. The van der Waals surface area contributed by atoms with Crippen molar-refractivity contribution < 1.29 is 14.3 Å². The summed E-state index contributed by atoms with van der Waals surface area (Å²) in [4.78, 5) is 25.9. The molecule has 1 N–H and O–H groups in total. The van der Waals surface area contributed by atoms with Crippen LogP contribution >= 0.6 is 0 Å². The molecule has 2 saturated heterocycles. The molecular formula is C13H22N2O3. The van der Waals surface area contributed by atoms with Crippen LogP contribution in [-0.4, -0.2) is 47.6 Å². The van der Waals surface area contributed by atoms with Gasteiger partial charge < -0.3 is 15.0 Å². The Labute approximate surface area is 108 Å². The van der Waals surface area contributed by atoms with Crippen molar-refractivity contribution in [3.63, 3.8) is 0 Å². The summed E-state index contributed by atoms with van der Waals surface area (Å²) in [6, 6.07) is -0.778. The lowest BCUT2D eigenvalue weighted by Crippen LogP contribution is -2.64. The molecule has 0 radical (unpaired) electrons. The van der Waals surface area contributed by atoms with E-state index >= 15 is 0 Å². The number of nitrogens with one attached hydrogen (secondary N) is 1. The fourth-order valence-corrected chi connectivity index (χ4v) is 2.83. The van der Waals surface area contributed by atoms with E-state index in [1.807, 2.05) is 13.8 Å². The van der Waals surface area contributed by atoms with Crippen LogP contribution in [-0.2, 0) is 14.3 Å². The summed E-state index contributed by atoms with van der Waals surface area (Å²) in [5, 5.41) is 2.73. The Morgan fingerprint density at radius 1 is 1.50 bits per heavy atom. The number of hydrogen-bond donors (Lipinski definition) is 1. The van der Waals surface area contributed by atoms with Crippen molar-refractivity contribution in [3.8, 4) is 0 Å². The average Bonchev–Trinajstić information content (AvgIpc) is 2.73. The molecule has 2 rings (SSSR count). The minimum atomic E-state index is -0.426. The van der Waals surface area contributed by atoms with Gasteiger partial charge in [0, 0.05) is 6.61 Å². The Hall–Kier alpha value is -1.10. The molecule has 18 heavy (non-hydrogen) atoms. The van der Waals surface area contributed by atoms with E-state index in [4.69, 9.17) is 4.74 Å². The third-order valence-corrected chi connectivity index (χ3v) is 3.88. The van der Waals surface area contributed by atoms with Crippen LogP contribution in [0.3, 0.4) is 0 Å². The van der Waals surface area contributed by atoms with E-state index in [1.54, 1.807) is 11.8 Å². The van der Waals surface area contributed by atoms with E-state index in [0.717, 1.165) is 19.4 Å². The molecular weight excluding hydrogens is 232 g/mol. The van der Waals surface area contributed by atoms with Gasteiger partial charge in [0.25, 0.3) is 0 Å². The normalized spacial score (nSPS) is 36.9. The quantitative estimate of drug-likeness (QED) is 0.806. The van der Waals surface area contributed by atoms with Gasteiger partial charge in [0.15, 0.2) is 0 Å². The molecule has 0 aromatic rings. The van der Waals surface area contributed by atoms with Crippen LogP contribution in [0.2, 0.25) is 0 Å². The minimum Gasteiger partial charge on any atom is -0.373 e. The first kappa shape index (κ1) is 13.3. The second-order valence-corrected chi connectivity index (χ2v) is 5.52. The van der Waals surface area contributed by atoms with Crippen LogP contribution in [0.5, 0.6) is 0 Å². The fourth-order valence-electron chi connectivity index (χ4n) is 2.83. The van der Waals surface area contributed by atoms with Crippen molar-refractivity contribution in [1.82, 2.24) is 10.2 Å². The van der Waals surface area contributed by atoms with E-state index < -0.39 is 6.04 Å². The van der Waals surface area contributed by atoms with Crippen molar-refractivity contribution in [2.24, 2.45) is 0 Å². The van der Waals surface area contributed by atoms with Gasteiger partial charge in [-0.3, -0.25) is 9.59 Å². The maximum absolute atomic E-state index is 12.2. The lowest BCUT2D eigenvalue weighted by atomic mass is 9.98. The van der Waals surface area contributed by atoms with E-state index in [1.165, 1.54) is 0 Å². The van der Waals surface area contributed by atoms with E-state index in [-0.39, 0.29) is 23.5 Å². The number of ether oxygens (including phenoxy) is 1. The zero-order valence-corrected chi connectivity index (χ0v) is 11.4. The Morgan fingerprint density at radius 3 is 2.78 bits per heavy atom. The fraction of sp³-hybridized carbons (Fsp3) is 0.846. The highest BCUT2D eigenvalue weighted by atomic mass is 16.5. The molecule has 0 bridgehead atoms. The maximum atomic E-state index is 12.2. The topological polar surface area (TPSA) is 58.6 Å². The van der Waals surface area contributed by atoms with Gasteiger partial charge in [-0.05, 0) is 33.1 Å². The number of piperazine rings is 1. The molecule has 0 aromatic carbocycles. The zero-order chi connectivity index (χ0) is 13.3. The molecule has 0 aromatic heterocycles. The SMILES string of the molecule is CCC1C(=O)NC(C)C(=O)N1CC1(C)CCCO1. The molecule has 2 aliphatic heterocycles. The monoisotopic (exact) mass is 254 g/mol. The predicted molar refractivity (Wildman–Crippen MR) is 67.0 cm³/mol. The molecule has 5 nitrogen and oxygen atoms in total. The first-order valence-corrected chi connectivity index (χ1v) is 6.71. The van der Waals surface area contributed by atoms with Crippen LogP contribution in [0.1, 0.15) is 40.0 Å². The zero-order valence-electron chi connectivity index (χ0n) is 11.4. The predicted octanol–water partition coefficient (Wildman–Crippen LogP) is 0.681. The molecule has 2 aliphatic rings. The molecule has 2 amide bonds. The van der Waals surface area contributed by atoms with Gasteiger partial charge in [0.05, 0.1) is 12.1 Å². The van der Waals surface area contributed by atoms with Crippen LogP contribution in [0.25, 0.3) is 0 Å². The molecule has 2 fully saturated rings. The summed E-state index contributed by atoms with van der Waals surface area (Å²) in [5.74, 6) is -0.0515. The lowest BCUT2D eigenvalue weighted by molar-refractivity contribution is -0.152. The molecule has 5 heteroatoms. The summed E-state index contributed by atoms with van der Waals surface area (Å²) < 4.78 is 5.73. The Kier molecular flexibility index (Phi) is 3.61. The van der Waals surface area contributed by atoms with Gasteiger partial charge in [-0.2, -0.15) is 0 Å². The second kappa shape index (κ2) is 4.88. The summed E-state index contributed by atoms with van der Waals surface area (Å²) in [6.07, 6.45) is 2.61. The van der Waals surface area contributed by atoms with Crippen molar-refractivity contribution in [1.29, 1.82) is 0 Å². The van der Waals surface area contributed by atoms with Gasteiger partial charge in [0.1, 0.15) is 12.1 Å². The molecule has 3 atom stereocenters. The number of carbonyl (C=O) groups is 2. The van der Waals surface area contributed by atoms with E-state index in [2.05, 4.69) is 5.32 Å². The third-order valence-electron chi connectivity index (χ3n) is 3.88. The summed E-state index contributed by atoms with van der Waals surface area (Å²) in [6.45, 7) is 6.95. The molecule has 3 unspecified atom stereocenters. The highest BCUT2D eigenvalue weighted by Crippen LogP contribution is 2.28. The summed E-state index contributed by atoms with van der Waals surface area (Å²) in [5.41, 5.74) is -0.291. The highest BCUT2D eigenvalue weighted by molar-refractivity contribution is 5.96. The lowest BCUT2D eigenvalue weighted by Gasteiger charge is -2.41. The molecule has 0 saturated carbocycles. The molecule has 0 aliphatic carbocycles. The second-order valence-electron chi connectivity index (χ2n) is 5.52. The van der Waals surface area contributed by atoms with Gasteiger partial charge in [-0.1, -0.05) is 6.92 Å². The first-order chi connectivity index (χ1) is 8.47. The van der Waals surface area contributed by atoms with Gasteiger partial charge in [-0.15, -0.1) is 0 Å². The summed E-state index contributed by atoms with van der Waals surface area (Å²) in [7, 11) is 0. The Bertz CT molecular complexity index is 350. The maximum Gasteiger partial charge on any atom is 0.245 e. The summed E-state index contributed by atoms with van der Waals surface area (Å²) >= 11 is 0. The van der Waals surface area contributed by atoms with Gasteiger partial charge in [0.2, 0.25) is 11.8 Å². The van der Waals surface area contributed by atoms with Gasteiger partial charge >= 0.3 is 0 Å². The number of nitrogens with zero attached hydrogens (tertiary/aromatic N) is 1. The van der Waals surface area contributed by atoms with Crippen LogP contribution < -0.4 is 5.32 Å².